The lowest BCUT2D eigenvalue weighted by Gasteiger charge is -2.36. The predicted octanol–water partition coefficient (Wildman–Crippen LogP) is 4.59. The first-order chi connectivity index (χ1) is 10.8. The van der Waals surface area contributed by atoms with Crippen LogP contribution in [0, 0.1) is 0 Å². The summed E-state index contributed by atoms with van der Waals surface area (Å²) in [6.45, 7) is 9.50. The van der Waals surface area contributed by atoms with Gasteiger partial charge in [-0.25, -0.2) is 4.79 Å². The summed E-state index contributed by atoms with van der Waals surface area (Å²) in [5, 5.41) is 3.50. The molecular weight excluding hydrogens is 310 g/mol. The molecule has 0 atom stereocenters. The molecule has 0 unspecified atom stereocenters. The Bertz CT molecular complexity index is 527. The minimum absolute atomic E-state index is 0.0266. The summed E-state index contributed by atoms with van der Waals surface area (Å²) in [6, 6.07) is 2.48. The van der Waals surface area contributed by atoms with Gasteiger partial charge in [0.2, 0.25) is 0 Å². The normalized spacial score (nSPS) is 20.9. The van der Waals surface area contributed by atoms with E-state index < -0.39 is 0 Å². The van der Waals surface area contributed by atoms with E-state index in [4.69, 9.17) is 9.47 Å². The van der Waals surface area contributed by atoms with E-state index in [1.54, 1.807) is 0 Å². The number of unbranched alkanes of at least 4 members (excludes halogenated alkanes) is 1. The van der Waals surface area contributed by atoms with E-state index in [1.807, 2.05) is 0 Å². The maximum Gasteiger partial charge on any atom is 0.350 e. The molecule has 0 radical (unpaired) electrons. The van der Waals surface area contributed by atoms with Crippen molar-refractivity contribution in [3.05, 3.63) is 15.8 Å². The lowest BCUT2D eigenvalue weighted by molar-refractivity contribution is -0.00537. The highest BCUT2D eigenvalue weighted by Crippen LogP contribution is 2.38. The lowest BCUT2D eigenvalue weighted by atomic mass is 9.88. The average Bonchev–Trinajstić information content (AvgIpc) is 2.87. The SMILES string of the molecule is CCCCOC1CC(Nc2cc(C(C)(C)C)sc2C(=O)OC)C1. The van der Waals surface area contributed by atoms with Gasteiger partial charge in [-0.15, -0.1) is 11.3 Å². The molecule has 1 fully saturated rings. The van der Waals surface area contributed by atoms with Gasteiger partial charge in [0.25, 0.3) is 0 Å². The Morgan fingerprint density at radius 3 is 2.65 bits per heavy atom. The number of anilines is 1. The van der Waals surface area contributed by atoms with Crippen LogP contribution >= 0.6 is 11.3 Å². The van der Waals surface area contributed by atoms with Crippen molar-refractivity contribution in [2.75, 3.05) is 19.0 Å². The molecule has 0 amide bonds. The van der Waals surface area contributed by atoms with Crippen LogP contribution in [-0.2, 0) is 14.9 Å². The molecule has 1 aliphatic carbocycles. The molecule has 4 nitrogen and oxygen atoms in total. The van der Waals surface area contributed by atoms with Crippen LogP contribution in [0.15, 0.2) is 6.07 Å². The second kappa shape index (κ2) is 7.67. The molecule has 1 aliphatic rings. The number of carbonyl (C=O) groups excluding carboxylic acids is 1. The third-order valence-corrected chi connectivity index (χ3v) is 5.69. The molecule has 0 bridgehead atoms. The Morgan fingerprint density at radius 2 is 2.09 bits per heavy atom. The van der Waals surface area contributed by atoms with Crippen LogP contribution in [0.1, 0.15) is 67.9 Å². The van der Waals surface area contributed by atoms with Gasteiger partial charge in [0, 0.05) is 17.5 Å². The van der Waals surface area contributed by atoms with Crippen LogP contribution < -0.4 is 5.32 Å². The van der Waals surface area contributed by atoms with Crippen molar-refractivity contribution in [1.82, 2.24) is 0 Å². The van der Waals surface area contributed by atoms with Gasteiger partial charge in [-0.1, -0.05) is 34.1 Å². The highest BCUT2D eigenvalue weighted by atomic mass is 32.1. The van der Waals surface area contributed by atoms with Gasteiger partial charge in [0.1, 0.15) is 4.88 Å². The van der Waals surface area contributed by atoms with Gasteiger partial charge in [0.15, 0.2) is 0 Å². The first-order valence-corrected chi connectivity index (χ1v) is 9.27. The molecular formula is C18H29NO3S. The monoisotopic (exact) mass is 339 g/mol. The number of methoxy groups -OCH3 is 1. The second-order valence-corrected chi connectivity index (χ2v) is 8.31. The van der Waals surface area contributed by atoms with Crippen LogP contribution in [0.4, 0.5) is 5.69 Å². The number of ether oxygens (including phenoxy) is 2. The number of rotatable bonds is 7. The molecule has 1 heterocycles. The van der Waals surface area contributed by atoms with E-state index in [9.17, 15) is 4.79 Å². The molecule has 5 heteroatoms. The average molecular weight is 340 g/mol. The zero-order valence-electron chi connectivity index (χ0n) is 14.9. The summed E-state index contributed by atoms with van der Waals surface area (Å²) in [5.41, 5.74) is 0.933. The summed E-state index contributed by atoms with van der Waals surface area (Å²) in [6.07, 6.45) is 4.67. The lowest BCUT2D eigenvalue weighted by Crippen LogP contribution is -2.41. The maximum atomic E-state index is 12.0. The summed E-state index contributed by atoms with van der Waals surface area (Å²) in [5.74, 6) is -0.261. The molecule has 1 saturated carbocycles. The first-order valence-electron chi connectivity index (χ1n) is 8.46. The molecule has 0 aromatic carbocycles. The minimum Gasteiger partial charge on any atom is -0.465 e. The topological polar surface area (TPSA) is 47.6 Å². The van der Waals surface area contributed by atoms with Crippen molar-refractivity contribution in [2.45, 2.75) is 70.9 Å². The van der Waals surface area contributed by atoms with E-state index in [0.29, 0.717) is 17.0 Å². The second-order valence-electron chi connectivity index (χ2n) is 7.25. The van der Waals surface area contributed by atoms with Gasteiger partial charge < -0.3 is 14.8 Å². The van der Waals surface area contributed by atoms with Gasteiger partial charge in [0.05, 0.1) is 18.9 Å². The Morgan fingerprint density at radius 1 is 1.39 bits per heavy atom. The zero-order valence-corrected chi connectivity index (χ0v) is 15.7. The van der Waals surface area contributed by atoms with Crippen LogP contribution in [0.5, 0.6) is 0 Å². The van der Waals surface area contributed by atoms with Gasteiger partial charge in [-0.2, -0.15) is 0 Å². The van der Waals surface area contributed by atoms with Crippen molar-refractivity contribution < 1.29 is 14.3 Å². The fourth-order valence-electron chi connectivity index (χ4n) is 2.55. The van der Waals surface area contributed by atoms with Gasteiger partial charge >= 0.3 is 5.97 Å². The molecule has 1 aromatic heterocycles. The number of nitrogens with one attached hydrogen (secondary N) is 1. The van der Waals surface area contributed by atoms with Crippen molar-refractivity contribution in [3.8, 4) is 0 Å². The van der Waals surface area contributed by atoms with Gasteiger partial charge in [-0.3, -0.25) is 0 Å². The quantitative estimate of drug-likeness (QED) is 0.583. The number of hydrogen-bond acceptors (Lipinski definition) is 5. The van der Waals surface area contributed by atoms with Crippen LogP contribution in [0.2, 0.25) is 0 Å². The Labute approximate surface area is 143 Å². The number of carbonyl (C=O) groups is 1. The highest BCUT2D eigenvalue weighted by molar-refractivity contribution is 7.14. The summed E-state index contributed by atoms with van der Waals surface area (Å²) < 4.78 is 10.7. The first kappa shape index (κ1) is 18.3. The smallest absolute Gasteiger partial charge is 0.350 e. The number of thiophene rings is 1. The maximum absolute atomic E-state index is 12.0. The van der Waals surface area contributed by atoms with Crippen molar-refractivity contribution in [3.63, 3.8) is 0 Å². The van der Waals surface area contributed by atoms with E-state index in [-0.39, 0.29) is 11.4 Å². The number of esters is 1. The predicted molar refractivity (Wildman–Crippen MR) is 95.7 cm³/mol. The molecule has 0 saturated heterocycles. The highest BCUT2D eigenvalue weighted by Gasteiger charge is 2.32. The molecule has 0 spiro atoms. The summed E-state index contributed by atoms with van der Waals surface area (Å²) in [7, 11) is 1.43. The Kier molecular flexibility index (Phi) is 6.09. The minimum atomic E-state index is -0.261. The molecule has 130 valence electrons. The molecule has 0 aliphatic heterocycles. The van der Waals surface area contributed by atoms with E-state index in [2.05, 4.69) is 39.1 Å². The van der Waals surface area contributed by atoms with E-state index in [1.165, 1.54) is 29.7 Å². The van der Waals surface area contributed by atoms with Crippen LogP contribution in [-0.4, -0.2) is 31.8 Å². The molecule has 2 rings (SSSR count). The fraction of sp³-hybridized carbons (Fsp3) is 0.722. The third kappa shape index (κ3) is 4.70. The van der Waals surface area contributed by atoms with E-state index in [0.717, 1.165) is 31.6 Å². The van der Waals surface area contributed by atoms with Crippen molar-refractivity contribution >= 4 is 23.0 Å². The zero-order chi connectivity index (χ0) is 17.0. The number of hydrogen-bond donors (Lipinski definition) is 1. The van der Waals surface area contributed by atoms with Crippen LogP contribution in [0.3, 0.4) is 0 Å². The standard InChI is InChI=1S/C18H29NO3S/c1-6-7-8-22-13-9-12(10-13)19-14-11-15(18(2,3)4)23-16(14)17(20)21-5/h11-13,19H,6-10H2,1-5H3. The largest absolute Gasteiger partial charge is 0.465 e. The van der Waals surface area contributed by atoms with Gasteiger partial charge in [-0.05, 0) is 30.7 Å². The van der Waals surface area contributed by atoms with E-state index >= 15 is 0 Å². The molecule has 1 N–H and O–H groups in total. The Balaban J connectivity index is 1.97. The Hall–Kier alpha value is -1.07. The van der Waals surface area contributed by atoms with Crippen LogP contribution in [0.25, 0.3) is 0 Å². The van der Waals surface area contributed by atoms with Crippen molar-refractivity contribution in [1.29, 1.82) is 0 Å². The third-order valence-electron chi connectivity index (χ3n) is 4.15. The molecule has 1 aromatic rings. The van der Waals surface area contributed by atoms with Crippen molar-refractivity contribution in [2.24, 2.45) is 0 Å². The summed E-state index contributed by atoms with van der Waals surface area (Å²) in [4.78, 5) is 13.9. The summed E-state index contributed by atoms with van der Waals surface area (Å²) >= 11 is 1.53. The fourth-order valence-corrected chi connectivity index (χ4v) is 3.64. The molecule has 23 heavy (non-hydrogen) atoms.